The largest absolute Gasteiger partial charge is 0.493 e. The molecule has 6 heteroatoms. The van der Waals surface area contributed by atoms with Crippen LogP contribution in [0.15, 0.2) is 62.5 Å². The van der Waals surface area contributed by atoms with E-state index in [9.17, 15) is 0 Å². The van der Waals surface area contributed by atoms with E-state index < -0.39 is 0 Å². The van der Waals surface area contributed by atoms with Gasteiger partial charge in [0, 0.05) is 10.0 Å². The molecule has 1 aromatic heterocycles. The van der Waals surface area contributed by atoms with Gasteiger partial charge in [-0.15, -0.1) is 0 Å². The van der Waals surface area contributed by atoms with E-state index in [0.717, 1.165) is 21.4 Å². The molecule has 5 nitrogen and oxygen atoms in total. The van der Waals surface area contributed by atoms with Crippen LogP contribution in [-0.2, 0) is 6.54 Å². The first-order valence-corrected chi connectivity index (χ1v) is 9.23. The summed E-state index contributed by atoms with van der Waals surface area (Å²) in [6.07, 6.45) is 1.66. The molecule has 3 rings (SSSR count). The Morgan fingerprint density at radius 3 is 2.59 bits per heavy atom. The van der Waals surface area contributed by atoms with Gasteiger partial charge in [0.15, 0.2) is 11.5 Å². The summed E-state index contributed by atoms with van der Waals surface area (Å²) in [7, 11) is 3.24. The number of furan rings is 1. The van der Waals surface area contributed by atoms with E-state index >= 15 is 0 Å². The van der Waals surface area contributed by atoms with Crippen molar-refractivity contribution in [3.05, 3.63) is 69.9 Å². The van der Waals surface area contributed by atoms with Gasteiger partial charge in [-0.05, 0) is 48.4 Å². The average Bonchev–Trinajstić information content (AvgIpc) is 3.16. The predicted molar refractivity (Wildman–Crippen MR) is 111 cm³/mol. The summed E-state index contributed by atoms with van der Waals surface area (Å²) >= 11 is 3.55. The van der Waals surface area contributed by atoms with Crippen molar-refractivity contribution in [2.75, 3.05) is 14.2 Å². The third-order valence-electron chi connectivity index (χ3n) is 4.10. The second kappa shape index (κ2) is 8.77. The topological polar surface area (TPSA) is 56.0 Å². The predicted octanol–water partition coefficient (Wildman–Crippen LogP) is 5.16. The highest BCUT2D eigenvalue weighted by atomic mass is 79.9. The van der Waals surface area contributed by atoms with Crippen LogP contribution in [0, 0.1) is 6.92 Å². The van der Waals surface area contributed by atoms with E-state index in [1.165, 1.54) is 5.56 Å². The van der Waals surface area contributed by atoms with Gasteiger partial charge in [0.1, 0.15) is 11.5 Å². The number of methoxy groups -OCH3 is 2. The first-order chi connectivity index (χ1) is 13.1. The van der Waals surface area contributed by atoms with Gasteiger partial charge in [-0.2, -0.15) is 5.10 Å². The Hall–Kier alpha value is -2.73. The SMILES string of the molecule is COc1ccc(CN/N=C/c2ccc(-c3ccc(C)c(Br)c3)o2)cc1OC. The number of hydrazone groups is 1. The van der Waals surface area contributed by atoms with Crippen molar-refractivity contribution in [3.8, 4) is 22.8 Å². The van der Waals surface area contributed by atoms with Crippen LogP contribution in [0.25, 0.3) is 11.3 Å². The van der Waals surface area contributed by atoms with Crippen LogP contribution >= 0.6 is 15.9 Å². The normalized spacial score (nSPS) is 11.0. The fraction of sp³-hybridized carbons (Fsp3) is 0.190. The lowest BCUT2D eigenvalue weighted by Crippen LogP contribution is -2.05. The second-order valence-electron chi connectivity index (χ2n) is 5.95. The molecule has 0 bridgehead atoms. The summed E-state index contributed by atoms with van der Waals surface area (Å²) in [5.74, 6) is 2.88. The fourth-order valence-electron chi connectivity index (χ4n) is 2.56. The summed E-state index contributed by atoms with van der Waals surface area (Å²) in [4.78, 5) is 0. The maximum atomic E-state index is 5.84. The summed E-state index contributed by atoms with van der Waals surface area (Å²) in [6.45, 7) is 2.62. The van der Waals surface area contributed by atoms with Gasteiger partial charge >= 0.3 is 0 Å². The zero-order valence-electron chi connectivity index (χ0n) is 15.5. The molecule has 0 amide bonds. The van der Waals surface area contributed by atoms with E-state index in [-0.39, 0.29) is 0 Å². The molecule has 0 aliphatic carbocycles. The minimum Gasteiger partial charge on any atom is -0.493 e. The highest BCUT2D eigenvalue weighted by Gasteiger charge is 2.06. The molecule has 0 saturated heterocycles. The molecule has 1 heterocycles. The molecule has 2 aromatic carbocycles. The first-order valence-electron chi connectivity index (χ1n) is 8.44. The van der Waals surface area contributed by atoms with Gasteiger partial charge in [-0.1, -0.05) is 34.1 Å². The number of rotatable bonds is 7. The molecular weight excluding hydrogens is 408 g/mol. The Labute approximate surface area is 167 Å². The molecule has 0 saturated carbocycles. The Kier molecular flexibility index (Phi) is 6.19. The van der Waals surface area contributed by atoms with E-state index in [0.29, 0.717) is 23.8 Å². The molecule has 0 atom stereocenters. The van der Waals surface area contributed by atoms with Gasteiger partial charge in [-0.3, -0.25) is 0 Å². The Balaban J connectivity index is 1.61. The molecular formula is C21H21BrN2O3. The van der Waals surface area contributed by atoms with E-state index in [1.54, 1.807) is 20.4 Å². The van der Waals surface area contributed by atoms with Gasteiger partial charge in [0.05, 0.1) is 27.0 Å². The quantitative estimate of drug-likeness (QED) is 0.417. The molecule has 1 N–H and O–H groups in total. The number of hydrogen-bond donors (Lipinski definition) is 1. The number of halogens is 1. The van der Waals surface area contributed by atoms with Crippen molar-refractivity contribution in [2.24, 2.45) is 5.10 Å². The van der Waals surface area contributed by atoms with Crippen molar-refractivity contribution in [2.45, 2.75) is 13.5 Å². The van der Waals surface area contributed by atoms with E-state index in [2.05, 4.69) is 39.4 Å². The molecule has 140 valence electrons. The van der Waals surface area contributed by atoms with Crippen LogP contribution in [-0.4, -0.2) is 20.4 Å². The van der Waals surface area contributed by atoms with Crippen molar-refractivity contribution >= 4 is 22.1 Å². The maximum absolute atomic E-state index is 5.84. The number of hydrogen-bond acceptors (Lipinski definition) is 5. The zero-order chi connectivity index (χ0) is 19.2. The molecule has 0 radical (unpaired) electrons. The number of nitrogens with one attached hydrogen (secondary N) is 1. The highest BCUT2D eigenvalue weighted by molar-refractivity contribution is 9.10. The van der Waals surface area contributed by atoms with Crippen molar-refractivity contribution in [3.63, 3.8) is 0 Å². The lowest BCUT2D eigenvalue weighted by atomic mass is 10.1. The van der Waals surface area contributed by atoms with E-state index in [4.69, 9.17) is 13.9 Å². The highest BCUT2D eigenvalue weighted by Crippen LogP contribution is 2.28. The van der Waals surface area contributed by atoms with E-state index in [1.807, 2.05) is 42.5 Å². The fourth-order valence-corrected chi connectivity index (χ4v) is 2.94. The molecule has 0 unspecified atom stereocenters. The number of ether oxygens (including phenoxy) is 2. The van der Waals surface area contributed by atoms with Crippen LogP contribution in [0.4, 0.5) is 0 Å². The summed E-state index contributed by atoms with van der Waals surface area (Å²) in [5, 5.41) is 4.22. The molecule has 0 aliphatic heterocycles. The minimum absolute atomic E-state index is 0.565. The molecule has 0 aliphatic rings. The molecule has 3 aromatic rings. The lowest BCUT2D eigenvalue weighted by molar-refractivity contribution is 0.354. The monoisotopic (exact) mass is 428 g/mol. The molecule has 27 heavy (non-hydrogen) atoms. The van der Waals surface area contributed by atoms with Crippen LogP contribution in [0.5, 0.6) is 11.5 Å². The van der Waals surface area contributed by atoms with Gasteiger partial charge in [0.25, 0.3) is 0 Å². The molecule has 0 spiro atoms. The maximum Gasteiger partial charge on any atom is 0.161 e. The van der Waals surface area contributed by atoms with Crippen LogP contribution in [0.3, 0.4) is 0 Å². The Bertz CT molecular complexity index is 950. The first kappa shape index (κ1) is 19.0. The van der Waals surface area contributed by atoms with Gasteiger partial charge in [0.2, 0.25) is 0 Å². The summed E-state index contributed by atoms with van der Waals surface area (Å²) in [6, 6.07) is 15.7. The van der Waals surface area contributed by atoms with Gasteiger partial charge in [-0.25, -0.2) is 0 Å². The minimum atomic E-state index is 0.565. The summed E-state index contributed by atoms with van der Waals surface area (Å²) < 4.78 is 17.4. The number of nitrogens with zero attached hydrogens (tertiary/aromatic N) is 1. The zero-order valence-corrected chi connectivity index (χ0v) is 17.0. The van der Waals surface area contributed by atoms with Crippen molar-refractivity contribution in [1.82, 2.24) is 5.43 Å². The Morgan fingerprint density at radius 2 is 1.85 bits per heavy atom. The third-order valence-corrected chi connectivity index (χ3v) is 4.95. The number of benzene rings is 2. The second-order valence-corrected chi connectivity index (χ2v) is 6.80. The number of aryl methyl sites for hydroxylation is 1. The van der Waals surface area contributed by atoms with Crippen molar-refractivity contribution < 1.29 is 13.9 Å². The standard InChI is InChI=1S/C21H21BrN2O3/c1-14-4-6-16(11-18(14)22)19-9-7-17(27-19)13-24-23-12-15-5-8-20(25-2)21(10-15)26-3/h4-11,13,23H,12H2,1-3H3/b24-13+. The lowest BCUT2D eigenvalue weighted by Gasteiger charge is -2.09. The van der Waals surface area contributed by atoms with Crippen LogP contribution in [0.2, 0.25) is 0 Å². The third kappa shape index (κ3) is 4.71. The van der Waals surface area contributed by atoms with Crippen LogP contribution in [0.1, 0.15) is 16.9 Å². The average molecular weight is 429 g/mol. The molecule has 0 fully saturated rings. The Morgan fingerprint density at radius 1 is 1.04 bits per heavy atom. The summed E-state index contributed by atoms with van der Waals surface area (Å²) in [5.41, 5.74) is 6.25. The van der Waals surface area contributed by atoms with Gasteiger partial charge < -0.3 is 19.3 Å². The van der Waals surface area contributed by atoms with Crippen LogP contribution < -0.4 is 14.9 Å². The smallest absolute Gasteiger partial charge is 0.161 e. The van der Waals surface area contributed by atoms with Crippen molar-refractivity contribution in [1.29, 1.82) is 0 Å².